The molecular formula is C29H31N9O2. The Balaban J connectivity index is 1.71. The van der Waals surface area contributed by atoms with Gasteiger partial charge >= 0.3 is 0 Å². The van der Waals surface area contributed by atoms with E-state index in [0.29, 0.717) is 65.9 Å². The molecule has 1 atom stereocenters. The zero-order valence-corrected chi connectivity index (χ0v) is 22.2. The number of carbonyl (C=O) groups excluding carboxylic acids is 2. The second-order valence-electron chi connectivity index (χ2n) is 9.37. The number of hydrogen-bond donors (Lipinski definition) is 3. The molecule has 40 heavy (non-hydrogen) atoms. The van der Waals surface area contributed by atoms with Crippen LogP contribution in [0.15, 0.2) is 71.9 Å². The van der Waals surface area contributed by atoms with Gasteiger partial charge in [-0.15, -0.1) is 0 Å². The predicted molar refractivity (Wildman–Crippen MR) is 153 cm³/mol. The van der Waals surface area contributed by atoms with Gasteiger partial charge in [0, 0.05) is 49.6 Å². The molecule has 2 aromatic heterocycles. The fourth-order valence-corrected chi connectivity index (χ4v) is 4.52. The number of aromatic nitrogens is 3. The molecular weight excluding hydrogens is 506 g/mol. The molecule has 204 valence electrons. The summed E-state index contributed by atoms with van der Waals surface area (Å²) >= 11 is 0. The third-order valence-electron chi connectivity index (χ3n) is 6.53. The van der Waals surface area contributed by atoms with Crippen molar-refractivity contribution in [2.75, 3.05) is 20.1 Å². The molecule has 2 aromatic carbocycles. The number of fused-ring (bicyclic) bond motifs is 1. The van der Waals surface area contributed by atoms with E-state index in [1.165, 1.54) is 0 Å². The number of likely N-dealkylation sites (N-methyl/N-ethyl adjacent to an activating group) is 1. The van der Waals surface area contributed by atoms with Crippen molar-refractivity contribution in [3.05, 3.63) is 83.7 Å². The Kier molecular flexibility index (Phi) is 8.71. The minimum atomic E-state index is -0.762. The molecule has 0 radical (unpaired) electrons. The molecule has 0 aliphatic heterocycles. The quantitative estimate of drug-likeness (QED) is 0.149. The molecule has 0 bridgehead atoms. The van der Waals surface area contributed by atoms with Gasteiger partial charge in [-0.25, -0.2) is 4.98 Å². The number of amides is 2. The highest BCUT2D eigenvalue weighted by Crippen LogP contribution is 2.31. The van der Waals surface area contributed by atoms with Crippen molar-refractivity contribution in [3.63, 3.8) is 0 Å². The first-order valence-electron chi connectivity index (χ1n) is 12.8. The normalized spacial score (nSPS) is 11.5. The summed E-state index contributed by atoms with van der Waals surface area (Å²) in [5, 5.41) is 9.44. The van der Waals surface area contributed by atoms with Gasteiger partial charge in [0.25, 0.3) is 5.91 Å². The van der Waals surface area contributed by atoms with E-state index in [9.17, 15) is 14.9 Å². The SMILES string of the molecule is CN(CCc1ccccn1)C(=O)c1ccc2c(c1)nc(-c1cccc(C#N)c1)n2C(CCCN=C(N)N)C(N)=O. The maximum Gasteiger partial charge on any atom is 0.253 e. The van der Waals surface area contributed by atoms with Crippen LogP contribution in [0.5, 0.6) is 0 Å². The summed E-state index contributed by atoms with van der Waals surface area (Å²) in [6, 6.07) is 19.2. The van der Waals surface area contributed by atoms with Crippen LogP contribution in [0.25, 0.3) is 22.4 Å². The van der Waals surface area contributed by atoms with Crippen LogP contribution in [0, 0.1) is 11.3 Å². The average molecular weight is 538 g/mol. The number of carbonyl (C=O) groups is 2. The first-order chi connectivity index (χ1) is 19.3. The Labute approximate surface area is 231 Å². The summed E-state index contributed by atoms with van der Waals surface area (Å²) < 4.78 is 1.77. The highest BCUT2D eigenvalue weighted by atomic mass is 16.2. The molecule has 4 rings (SSSR count). The summed E-state index contributed by atoms with van der Waals surface area (Å²) in [5.41, 5.74) is 20.4. The molecule has 2 amide bonds. The molecule has 0 saturated heterocycles. The fraction of sp³-hybridized carbons (Fsp3) is 0.241. The van der Waals surface area contributed by atoms with Crippen LogP contribution in [0.3, 0.4) is 0 Å². The Morgan fingerprint density at radius 1 is 1.10 bits per heavy atom. The van der Waals surface area contributed by atoms with Gasteiger partial charge in [0.15, 0.2) is 5.96 Å². The number of nitrogens with two attached hydrogens (primary N) is 3. The number of guanidine groups is 1. The highest BCUT2D eigenvalue weighted by molar-refractivity contribution is 5.98. The number of pyridine rings is 1. The maximum absolute atomic E-state index is 13.3. The van der Waals surface area contributed by atoms with Gasteiger partial charge in [-0.05, 0) is 55.3 Å². The topological polar surface area (TPSA) is 182 Å². The standard InChI is InChI=1S/C29H31N9O2/c1-37(15-12-22-8-2-3-13-34-22)28(40)21-10-11-24-23(17-21)36-27(20-7-4-6-19(16-20)18-30)38(24)25(26(31)39)9-5-14-35-29(32)33/h2-4,6-8,10-11,13,16-17,25H,5,9,12,14-15H2,1H3,(H2,31,39)(H4,32,33,35). The van der Waals surface area contributed by atoms with Crippen molar-refractivity contribution >= 4 is 28.8 Å². The molecule has 11 heteroatoms. The second-order valence-corrected chi connectivity index (χ2v) is 9.37. The predicted octanol–water partition coefficient (Wildman–Crippen LogP) is 2.36. The number of aliphatic imine (C=N–C) groups is 1. The zero-order chi connectivity index (χ0) is 28.6. The van der Waals surface area contributed by atoms with Crippen LogP contribution in [-0.2, 0) is 11.2 Å². The molecule has 4 aromatic rings. The summed E-state index contributed by atoms with van der Waals surface area (Å²) in [7, 11) is 1.74. The van der Waals surface area contributed by atoms with E-state index in [1.807, 2.05) is 24.3 Å². The molecule has 0 aliphatic carbocycles. The molecule has 0 spiro atoms. The minimum absolute atomic E-state index is 0.0279. The molecule has 0 aliphatic rings. The Morgan fingerprint density at radius 3 is 2.62 bits per heavy atom. The van der Waals surface area contributed by atoms with Crippen LogP contribution in [-0.4, -0.2) is 57.3 Å². The number of primary amides is 1. The zero-order valence-electron chi connectivity index (χ0n) is 22.2. The highest BCUT2D eigenvalue weighted by Gasteiger charge is 2.25. The Morgan fingerprint density at radius 2 is 1.93 bits per heavy atom. The third-order valence-corrected chi connectivity index (χ3v) is 6.53. The van der Waals surface area contributed by atoms with Crippen molar-refractivity contribution in [2.24, 2.45) is 22.2 Å². The lowest BCUT2D eigenvalue weighted by Crippen LogP contribution is -2.29. The van der Waals surface area contributed by atoms with Crippen LogP contribution in [0.1, 0.15) is 40.5 Å². The molecule has 2 heterocycles. The van der Waals surface area contributed by atoms with Crippen molar-refractivity contribution in [1.82, 2.24) is 19.4 Å². The molecule has 0 fully saturated rings. The van der Waals surface area contributed by atoms with Gasteiger partial charge in [-0.1, -0.05) is 18.2 Å². The van der Waals surface area contributed by atoms with E-state index in [0.717, 1.165) is 5.69 Å². The van der Waals surface area contributed by atoms with Crippen molar-refractivity contribution in [2.45, 2.75) is 25.3 Å². The van der Waals surface area contributed by atoms with Crippen LogP contribution in [0.2, 0.25) is 0 Å². The molecule has 6 N–H and O–H groups in total. The van der Waals surface area contributed by atoms with Crippen LogP contribution in [0.4, 0.5) is 0 Å². The third kappa shape index (κ3) is 6.42. The second kappa shape index (κ2) is 12.5. The van der Waals surface area contributed by atoms with Crippen molar-refractivity contribution in [1.29, 1.82) is 5.26 Å². The van der Waals surface area contributed by atoms with Crippen LogP contribution < -0.4 is 17.2 Å². The minimum Gasteiger partial charge on any atom is -0.370 e. The van der Waals surface area contributed by atoms with E-state index in [4.69, 9.17) is 22.2 Å². The Bertz CT molecular complexity index is 1580. The lowest BCUT2D eigenvalue weighted by molar-refractivity contribution is -0.121. The van der Waals surface area contributed by atoms with Crippen molar-refractivity contribution < 1.29 is 9.59 Å². The van der Waals surface area contributed by atoms with Gasteiger partial charge in [0.1, 0.15) is 11.9 Å². The van der Waals surface area contributed by atoms with E-state index in [1.54, 1.807) is 59.1 Å². The van der Waals surface area contributed by atoms with Crippen LogP contribution >= 0.6 is 0 Å². The van der Waals surface area contributed by atoms with E-state index in [-0.39, 0.29) is 11.9 Å². The van der Waals surface area contributed by atoms with Gasteiger partial charge in [-0.3, -0.25) is 19.6 Å². The first kappa shape index (κ1) is 27.8. The van der Waals surface area contributed by atoms with E-state index >= 15 is 0 Å². The van der Waals surface area contributed by atoms with E-state index in [2.05, 4.69) is 16.0 Å². The fourth-order valence-electron chi connectivity index (χ4n) is 4.52. The largest absolute Gasteiger partial charge is 0.370 e. The van der Waals surface area contributed by atoms with Gasteiger partial charge < -0.3 is 26.7 Å². The van der Waals surface area contributed by atoms with Crippen molar-refractivity contribution in [3.8, 4) is 17.5 Å². The number of imidazole rings is 1. The van der Waals surface area contributed by atoms with Gasteiger partial charge in [0.2, 0.25) is 5.91 Å². The van der Waals surface area contributed by atoms with Gasteiger partial charge in [0.05, 0.1) is 22.7 Å². The maximum atomic E-state index is 13.3. The summed E-state index contributed by atoms with van der Waals surface area (Å²) in [6.07, 6.45) is 3.21. The number of nitriles is 1. The average Bonchev–Trinajstić information content (AvgIpc) is 3.34. The summed E-state index contributed by atoms with van der Waals surface area (Å²) in [4.78, 5) is 40.7. The Hall–Kier alpha value is -5.24. The lowest BCUT2D eigenvalue weighted by Gasteiger charge is -2.19. The molecule has 11 nitrogen and oxygen atoms in total. The number of hydrogen-bond acceptors (Lipinski definition) is 6. The van der Waals surface area contributed by atoms with Gasteiger partial charge in [-0.2, -0.15) is 5.26 Å². The smallest absolute Gasteiger partial charge is 0.253 e. The van der Waals surface area contributed by atoms with E-state index < -0.39 is 11.9 Å². The summed E-state index contributed by atoms with van der Waals surface area (Å²) in [5.74, 6) is -0.272. The molecule has 0 saturated carbocycles. The monoisotopic (exact) mass is 537 g/mol. The molecule has 1 unspecified atom stereocenters. The number of rotatable bonds is 11. The number of nitrogens with zero attached hydrogens (tertiary/aromatic N) is 6. The lowest BCUT2D eigenvalue weighted by atomic mass is 10.1. The number of benzene rings is 2. The summed E-state index contributed by atoms with van der Waals surface area (Å²) in [6.45, 7) is 0.829. The first-order valence-corrected chi connectivity index (χ1v) is 12.8.